The van der Waals surface area contributed by atoms with Gasteiger partial charge >= 0.3 is 5.97 Å². The molecule has 8 heteroatoms. The van der Waals surface area contributed by atoms with Gasteiger partial charge in [0.05, 0.1) is 11.3 Å². The van der Waals surface area contributed by atoms with Crippen molar-refractivity contribution in [2.24, 2.45) is 0 Å². The Labute approximate surface area is 201 Å². The summed E-state index contributed by atoms with van der Waals surface area (Å²) in [7, 11) is 0. The van der Waals surface area contributed by atoms with Crippen LogP contribution in [0.2, 0.25) is 0 Å². The topological polar surface area (TPSA) is 94.3 Å². The SMILES string of the molecule is Cc1noc(CSc2ccccc2C(=O)OCC(=O)Nc2ccccc2Cc2ccccc2)n1. The second-order valence-electron chi connectivity index (χ2n) is 7.46. The predicted octanol–water partition coefficient (Wildman–Crippen LogP) is 5.06. The minimum atomic E-state index is -0.572. The van der Waals surface area contributed by atoms with E-state index >= 15 is 0 Å². The number of aromatic nitrogens is 2. The lowest BCUT2D eigenvalue weighted by molar-refractivity contribution is -0.119. The number of carbonyl (C=O) groups is 2. The molecular weight excluding hydrogens is 450 g/mol. The summed E-state index contributed by atoms with van der Waals surface area (Å²) in [6.07, 6.45) is 0.682. The number of amides is 1. The Morgan fingerprint density at radius 3 is 2.50 bits per heavy atom. The van der Waals surface area contributed by atoms with E-state index in [4.69, 9.17) is 9.26 Å². The zero-order valence-corrected chi connectivity index (χ0v) is 19.4. The Bertz CT molecular complexity index is 1270. The number of nitrogens with zero attached hydrogens (tertiary/aromatic N) is 2. The summed E-state index contributed by atoms with van der Waals surface area (Å²) >= 11 is 1.38. The first-order valence-corrected chi connectivity index (χ1v) is 11.7. The van der Waals surface area contributed by atoms with E-state index in [2.05, 4.69) is 15.5 Å². The first-order valence-electron chi connectivity index (χ1n) is 10.7. The van der Waals surface area contributed by atoms with E-state index < -0.39 is 11.9 Å². The number of aryl methyl sites for hydroxylation is 1. The summed E-state index contributed by atoms with van der Waals surface area (Å²) in [4.78, 5) is 30.1. The van der Waals surface area contributed by atoms with Crippen molar-refractivity contribution < 1.29 is 18.8 Å². The fraction of sp³-hybridized carbons (Fsp3) is 0.154. The van der Waals surface area contributed by atoms with Crippen LogP contribution in [-0.2, 0) is 21.7 Å². The van der Waals surface area contributed by atoms with Gasteiger partial charge in [0.1, 0.15) is 0 Å². The first-order chi connectivity index (χ1) is 16.6. The Morgan fingerprint density at radius 1 is 0.971 bits per heavy atom. The molecule has 1 heterocycles. The van der Waals surface area contributed by atoms with Crippen molar-refractivity contribution in [2.45, 2.75) is 24.0 Å². The third-order valence-electron chi connectivity index (χ3n) is 4.89. The van der Waals surface area contributed by atoms with Crippen molar-refractivity contribution in [1.82, 2.24) is 10.1 Å². The fourth-order valence-electron chi connectivity index (χ4n) is 3.31. The number of hydrogen-bond donors (Lipinski definition) is 1. The number of benzene rings is 3. The number of thioether (sulfide) groups is 1. The van der Waals surface area contributed by atoms with Crippen LogP contribution >= 0.6 is 11.8 Å². The lowest BCUT2D eigenvalue weighted by Gasteiger charge is -2.12. The number of para-hydroxylation sites is 1. The minimum absolute atomic E-state index is 0.376. The average molecular weight is 474 g/mol. The molecule has 0 atom stereocenters. The van der Waals surface area contributed by atoms with Crippen LogP contribution in [0.15, 0.2) is 88.3 Å². The second-order valence-corrected chi connectivity index (χ2v) is 8.48. The third-order valence-corrected chi connectivity index (χ3v) is 5.95. The van der Waals surface area contributed by atoms with Gasteiger partial charge in [-0.05, 0) is 42.7 Å². The number of carbonyl (C=O) groups excluding carboxylic acids is 2. The first kappa shape index (κ1) is 23.3. The van der Waals surface area contributed by atoms with Gasteiger partial charge in [0.2, 0.25) is 5.89 Å². The van der Waals surface area contributed by atoms with Crippen molar-refractivity contribution in [2.75, 3.05) is 11.9 Å². The molecule has 3 aromatic carbocycles. The summed E-state index contributed by atoms with van der Waals surface area (Å²) in [5.74, 6) is 0.473. The molecule has 0 spiro atoms. The van der Waals surface area contributed by atoms with Crippen molar-refractivity contribution >= 4 is 29.3 Å². The van der Waals surface area contributed by atoms with Gasteiger partial charge in [0, 0.05) is 10.6 Å². The molecule has 34 heavy (non-hydrogen) atoms. The number of nitrogens with one attached hydrogen (secondary N) is 1. The highest BCUT2D eigenvalue weighted by atomic mass is 32.2. The molecule has 1 N–H and O–H groups in total. The molecule has 0 saturated heterocycles. The van der Waals surface area contributed by atoms with Crippen molar-refractivity contribution in [1.29, 1.82) is 0 Å². The Kier molecular flexibility index (Phi) is 7.72. The molecule has 4 rings (SSSR count). The Hall–Kier alpha value is -3.91. The summed E-state index contributed by atoms with van der Waals surface area (Å²) < 4.78 is 10.4. The molecule has 0 bridgehead atoms. The largest absolute Gasteiger partial charge is 0.452 e. The van der Waals surface area contributed by atoms with Gasteiger partial charge < -0.3 is 14.6 Å². The van der Waals surface area contributed by atoms with Gasteiger partial charge in [-0.15, -0.1) is 11.8 Å². The monoisotopic (exact) mass is 473 g/mol. The van der Waals surface area contributed by atoms with E-state index in [1.807, 2.05) is 66.7 Å². The van der Waals surface area contributed by atoms with Crippen molar-refractivity contribution in [3.8, 4) is 0 Å². The van der Waals surface area contributed by atoms with Crippen molar-refractivity contribution in [3.63, 3.8) is 0 Å². The van der Waals surface area contributed by atoms with Crippen LogP contribution in [0.1, 0.15) is 33.2 Å². The van der Waals surface area contributed by atoms with E-state index in [0.717, 1.165) is 11.1 Å². The molecule has 172 valence electrons. The molecule has 0 aliphatic rings. The smallest absolute Gasteiger partial charge is 0.339 e. The van der Waals surface area contributed by atoms with Crippen LogP contribution in [0.5, 0.6) is 0 Å². The molecule has 1 amide bonds. The number of esters is 1. The van der Waals surface area contributed by atoms with Crippen LogP contribution < -0.4 is 5.32 Å². The average Bonchev–Trinajstić information content (AvgIpc) is 3.28. The summed E-state index contributed by atoms with van der Waals surface area (Å²) in [6.45, 7) is 1.36. The van der Waals surface area contributed by atoms with Gasteiger partial charge in [0.15, 0.2) is 12.4 Å². The predicted molar refractivity (Wildman–Crippen MR) is 130 cm³/mol. The molecule has 0 fully saturated rings. The fourth-order valence-corrected chi connectivity index (χ4v) is 4.18. The molecule has 0 aliphatic carbocycles. The highest BCUT2D eigenvalue weighted by Gasteiger charge is 2.16. The molecular formula is C26H23N3O4S. The number of ether oxygens (including phenoxy) is 1. The molecule has 0 unspecified atom stereocenters. The molecule has 4 aromatic rings. The Balaban J connectivity index is 1.35. The van der Waals surface area contributed by atoms with Gasteiger partial charge in [-0.2, -0.15) is 4.98 Å². The van der Waals surface area contributed by atoms with Crippen LogP contribution in [0, 0.1) is 6.92 Å². The van der Waals surface area contributed by atoms with E-state index in [1.54, 1.807) is 19.1 Å². The van der Waals surface area contributed by atoms with Crippen LogP contribution in [0.4, 0.5) is 5.69 Å². The third kappa shape index (κ3) is 6.32. The Morgan fingerprint density at radius 2 is 1.71 bits per heavy atom. The highest BCUT2D eigenvalue weighted by Crippen LogP contribution is 2.26. The summed E-state index contributed by atoms with van der Waals surface area (Å²) in [5, 5.41) is 6.62. The van der Waals surface area contributed by atoms with E-state index in [-0.39, 0.29) is 6.61 Å². The number of hydrogen-bond acceptors (Lipinski definition) is 7. The maximum atomic E-state index is 12.7. The van der Waals surface area contributed by atoms with Crippen molar-refractivity contribution in [3.05, 3.63) is 107 Å². The lowest BCUT2D eigenvalue weighted by atomic mass is 10.0. The number of rotatable bonds is 9. The summed E-state index contributed by atoms with van der Waals surface area (Å²) in [5.41, 5.74) is 3.19. The highest BCUT2D eigenvalue weighted by molar-refractivity contribution is 7.98. The van der Waals surface area contributed by atoms with Gasteiger partial charge in [0.25, 0.3) is 5.91 Å². The van der Waals surface area contributed by atoms with Crippen LogP contribution in [0.3, 0.4) is 0 Å². The molecule has 1 aromatic heterocycles. The second kappa shape index (κ2) is 11.3. The zero-order valence-electron chi connectivity index (χ0n) is 18.6. The van der Waals surface area contributed by atoms with E-state index in [0.29, 0.717) is 40.0 Å². The lowest BCUT2D eigenvalue weighted by Crippen LogP contribution is -2.21. The zero-order chi connectivity index (χ0) is 23.8. The van der Waals surface area contributed by atoms with Gasteiger partial charge in [-0.3, -0.25) is 4.79 Å². The number of anilines is 1. The molecule has 7 nitrogen and oxygen atoms in total. The van der Waals surface area contributed by atoms with Gasteiger partial charge in [-0.25, -0.2) is 4.79 Å². The van der Waals surface area contributed by atoms with Crippen LogP contribution in [-0.4, -0.2) is 28.6 Å². The molecule has 0 saturated carbocycles. The normalized spacial score (nSPS) is 10.6. The summed E-state index contributed by atoms with van der Waals surface area (Å²) in [6, 6.07) is 24.6. The quantitative estimate of drug-likeness (QED) is 0.268. The minimum Gasteiger partial charge on any atom is -0.452 e. The van der Waals surface area contributed by atoms with Gasteiger partial charge in [-0.1, -0.05) is 65.8 Å². The van der Waals surface area contributed by atoms with Crippen LogP contribution in [0.25, 0.3) is 0 Å². The maximum absolute atomic E-state index is 12.7. The molecule has 0 aliphatic heterocycles. The maximum Gasteiger partial charge on any atom is 0.339 e. The van der Waals surface area contributed by atoms with E-state index in [9.17, 15) is 9.59 Å². The van der Waals surface area contributed by atoms with E-state index in [1.165, 1.54) is 11.8 Å². The standard InChI is InChI=1S/C26H23N3O4S/c1-18-27-25(33-29-18)17-34-23-14-8-6-12-21(23)26(31)32-16-24(30)28-22-13-7-5-11-20(22)15-19-9-3-2-4-10-19/h2-14H,15-17H2,1H3,(H,28,30). The molecule has 0 radical (unpaired) electrons.